The van der Waals surface area contributed by atoms with E-state index in [1.54, 1.807) is 25.1 Å². The predicted molar refractivity (Wildman–Crippen MR) is 119 cm³/mol. The highest BCUT2D eigenvalue weighted by Gasteiger charge is 2.17. The lowest BCUT2D eigenvalue weighted by atomic mass is 10.2. The third-order valence-electron chi connectivity index (χ3n) is 4.06. The lowest BCUT2D eigenvalue weighted by Gasteiger charge is -2.16. The van der Waals surface area contributed by atoms with E-state index < -0.39 is 17.8 Å². The number of nitrogens with one attached hydrogen (secondary N) is 2. The Morgan fingerprint density at radius 3 is 2.55 bits per heavy atom. The summed E-state index contributed by atoms with van der Waals surface area (Å²) in [5.41, 5.74) is 0.0636. The second kappa shape index (κ2) is 11.1. The molecular weight excluding hydrogens is 455 g/mol. The van der Waals surface area contributed by atoms with Gasteiger partial charge >= 0.3 is 12.0 Å². The molecule has 2 amide bonds. The summed E-state index contributed by atoms with van der Waals surface area (Å²) in [4.78, 5) is 24.0. The molecule has 0 aliphatic carbocycles. The number of ether oxygens (including phenoxy) is 4. The van der Waals surface area contributed by atoms with Crippen LogP contribution in [0.5, 0.6) is 23.0 Å². The van der Waals surface area contributed by atoms with Gasteiger partial charge in [-0.2, -0.15) is 0 Å². The predicted octanol–water partition coefficient (Wildman–Crippen LogP) is 4.24. The highest BCUT2D eigenvalue weighted by Crippen LogP contribution is 2.41. The van der Waals surface area contributed by atoms with E-state index in [0.717, 1.165) is 17.4 Å². The van der Waals surface area contributed by atoms with E-state index in [0.29, 0.717) is 22.3 Å². The van der Waals surface area contributed by atoms with Crippen LogP contribution in [0.15, 0.2) is 36.4 Å². The van der Waals surface area contributed by atoms with E-state index in [1.165, 1.54) is 26.4 Å². The van der Waals surface area contributed by atoms with Crippen molar-refractivity contribution >= 4 is 34.2 Å². The van der Waals surface area contributed by atoms with E-state index in [2.05, 4.69) is 20.8 Å². The molecule has 174 valence electrons. The van der Waals surface area contributed by atoms with Crippen molar-refractivity contribution in [3.8, 4) is 23.0 Å². The summed E-state index contributed by atoms with van der Waals surface area (Å²) in [6.07, 6.45) is -0.0565. The Morgan fingerprint density at radius 1 is 1.03 bits per heavy atom. The number of anilines is 2. The minimum Gasteiger partial charge on any atom is -0.493 e. The van der Waals surface area contributed by atoms with Gasteiger partial charge in [-0.05, 0) is 31.2 Å². The average molecular weight is 476 g/mol. The van der Waals surface area contributed by atoms with Crippen LogP contribution in [0.2, 0.25) is 0 Å². The summed E-state index contributed by atoms with van der Waals surface area (Å²) < 4.78 is 35.2. The van der Waals surface area contributed by atoms with Gasteiger partial charge in [0.15, 0.2) is 17.2 Å². The quantitative estimate of drug-likeness (QED) is 0.440. The topological polar surface area (TPSA) is 121 Å². The van der Waals surface area contributed by atoms with Gasteiger partial charge in [-0.3, -0.25) is 10.1 Å². The third-order valence-corrected chi connectivity index (χ3v) is 4.90. The van der Waals surface area contributed by atoms with E-state index in [4.69, 9.17) is 18.9 Å². The molecule has 2 aromatic carbocycles. The number of hydrogen-bond donors (Lipinski definition) is 2. The second-order valence-corrected chi connectivity index (χ2v) is 7.36. The zero-order chi connectivity index (χ0) is 23.8. The number of amides is 2. The number of nitrogens with zero attached hydrogens (tertiary/aromatic N) is 2. The maximum atomic E-state index is 13.9. The number of para-hydroxylation sites is 1. The van der Waals surface area contributed by atoms with Gasteiger partial charge in [0.1, 0.15) is 10.8 Å². The van der Waals surface area contributed by atoms with Crippen LogP contribution in [0, 0.1) is 5.82 Å². The van der Waals surface area contributed by atoms with Crippen LogP contribution < -0.4 is 24.8 Å². The Morgan fingerprint density at radius 2 is 1.82 bits per heavy atom. The summed E-state index contributed by atoms with van der Waals surface area (Å²) in [7, 11) is 2.95. The van der Waals surface area contributed by atoms with Crippen LogP contribution in [0.25, 0.3) is 0 Å². The number of aromatic nitrogens is 2. The second-order valence-electron chi connectivity index (χ2n) is 6.30. The summed E-state index contributed by atoms with van der Waals surface area (Å²) in [5, 5.41) is 13.2. The Balaban J connectivity index is 1.73. The van der Waals surface area contributed by atoms with Gasteiger partial charge in [0, 0.05) is 6.07 Å². The van der Waals surface area contributed by atoms with Gasteiger partial charge in [-0.15, -0.1) is 10.2 Å². The lowest BCUT2D eigenvalue weighted by Crippen LogP contribution is -2.19. The summed E-state index contributed by atoms with van der Waals surface area (Å²) in [6, 6.07) is 7.99. The standard InChI is InChI=1S/C21H21FN4O6S/c1-4-31-18(27)11-17-25-26-21(33-17)24-20(28)23-13-10-12(22)8-9-14(13)32-16-7-5-6-15(29-2)19(16)30-3/h5-10H,4,11H2,1-3H3,(H2,23,24,26,28). The fourth-order valence-corrected chi connectivity index (χ4v) is 3.43. The Labute approximate surface area is 192 Å². The third kappa shape index (κ3) is 6.29. The van der Waals surface area contributed by atoms with Crippen molar-refractivity contribution in [1.29, 1.82) is 0 Å². The first-order valence-corrected chi connectivity index (χ1v) is 10.5. The molecule has 0 saturated heterocycles. The van der Waals surface area contributed by atoms with Crippen LogP contribution in [-0.4, -0.2) is 43.0 Å². The van der Waals surface area contributed by atoms with Crippen LogP contribution in [0.4, 0.5) is 20.0 Å². The number of esters is 1. The molecule has 0 radical (unpaired) electrons. The number of carbonyl (C=O) groups excluding carboxylic acids is 2. The first-order chi connectivity index (χ1) is 15.9. The number of methoxy groups -OCH3 is 2. The molecule has 0 aliphatic heterocycles. The molecular formula is C21H21FN4O6S. The van der Waals surface area contributed by atoms with Crippen molar-refractivity contribution < 1.29 is 32.9 Å². The zero-order valence-corrected chi connectivity index (χ0v) is 18.8. The van der Waals surface area contributed by atoms with Crippen LogP contribution in [0.3, 0.4) is 0 Å². The van der Waals surface area contributed by atoms with Crippen molar-refractivity contribution in [2.24, 2.45) is 0 Å². The molecule has 1 aromatic heterocycles. The molecule has 0 bridgehead atoms. The smallest absolute Gasteiger partial charge is 0.325 e. The minimum absolute atomic E-state index is 0.0565. The van der Waals surface area contributed by atoms with E-state index in [1.807, 2.05) is 0 Å². The molecule has 0 fully saturated rings. The molecule has 2 N–H and O–H groups in total. The SMILES string of the molecule is CCOC(=O)Cc1nnc(NC(=O)Nc2cc(F)ccc2Oc2cccc(OC)c2OC)s1. The molecule has 0 unspecified atom stereocenters. The minimum atomic E-state index is -0.707. The number of benzene rings is 2. The van der Waals surface area contributed by atoms with E-state index in [9.17, 15) is 14.0 Å². The number of halogens is 1. The first-order valence-electron chi connectivity index (χ1n) is 9.67. The maximum absolute atomic E-state index is 13.9. The largest absolute Gasteiger partial charge is 0.493 e. The molecule has 10 nitrogen and oxygen atoms in total. The Bertz CT molecular complexity index is 1140. The highest BCUT2D eigenvalue weighted by molar-refractivity contribution is 7.15. The average Bonchev–Trinajstić information content (AvgIpc) is 3.21. The fourth-order valence-electron chi connectivity index (χ4n) is 2.71. The van der Waals surface area contributed by atoms with Crippen molar-refractivity contribution in [1.82, 2.24) is 10.2 Å². The summed E-state index contributed by atoms with van der Waals surface area (Å²) >= 11 is 1.01. The van der Waals surface area contributed by atoms with Crippen molar-refractivity contribution in [3.63, 3.8) is 0 Å². The molecule has 0 atom stereocenters. The molecule has 12 heteroatoms. The van der Waals surface area contributed by atoms with Crippen molar-refractivity contribution in [2.45, 2.75) is 13.3 Å². The number of urea groups is 1. The lowest BCUT2D eigenvalue weighted by molar-refractivity contribution is -0.142. The molecule has 0 spiro atoms. The molecule has 0 aliphatic rings. The van der Waals surface area contributed by atoms with Crippen LogP contribution in [0.1, 0.15) is 11.9 Å². The molecule has 0 saturated carbocycles. The van der Waals surface area contributed by atoms with E-state index in [-0.39, 0.29) is 29.6 Å². The monoisotopic (exact) mass is 476 g/mol. The normalized spacial score (nSPS) is 10.3. The number of rotatable bonds is 9. The van der Waals surface area contributed by atoms with Crippen molar-refractivity contribution in [2.75, 3.05) is 31.5 Å². The van der Waals surface area contributed by atoms with Gasteiger partial charge in [-0.25, -0.2) is 9.18 Å². The summed E-state index contributed by atoms with van der Waals surface area (Å²) in [5.74, 6) is 0.224. The Kier molecular flexibility index (Phi) is 7.97. The molecule has 3 aromatic rings. The number of carbonyl (C=O) groups is 2. The molecule has 33 heavy (non-hydrogen) atoms. The Hall–Kier alpha value is -3.93. The summed E-state index contributed by atoms with van der Waals surface area (Å²) in [6.45, 7) is 1.95. The van der Waals surface area contributed by atoms with E-state index >= 15 is 0 Å². The van der Waals surface area contributed by atoms with Crippen LogP contribution >= 0.6 is 11.3 Å². The van der Waals surface area contributed by atoms with Gasteiger partial charge in [0.05, 0.1) is 32.9 Å². The van der Waals surface area contributed by atoms with Gasteiger partial charge in [-0.1, -0.05) is 17.4 Å². The highest BCUT2D eigenvalue weighted by atomic mass is 32.1. The van der Waals surface area contributed by atoms with Crippen LogP contribution in [-0.2, 0) is 16.0 Å². The zero-order valence-electron chi connectivity index (χ0n) is 18.0. The molecule has 1 heterocycles. The maximum Gasteiger partial charge on any atom is 0.325 e. The fraction of sp³-hybridized carbons (Fsp3) is 0.238. The molecule has 3 rings (SSSR count). The first kappa shape index (κ1) is 23.7. The van der Waals surface area contributed by atoms with Crippen molar-refractivity contribution in [3.05, 3.63) is 47.2 Å². The van der Waals surface area contributed by atoms with Gasteiger partial charge in [0.25, 0.3) is 0 Å². The number of hydrogen-bond acceptors (Lipinski definition) is 9. The van der Waals surface area contributed by atoms with Gasteiger partial charge in [0.2, 0.25) is 10.9 Å². The van der Waals surface area contributed by atoms with Gasteiger partial charge < -0.3 is 24.3 Å².